The number of hydrogen-bond acceptors (Lipinski definition) is 2. The van der Waals surface area contributed by atoms with Crippen molar-refractivity contribution in [1.82, 2.24) is 4.90 Å². The lowest BCUT2D eigenvalue weighted by Crippen LogP contribution is -2.69. The van der Waals surface area contributed by atoms with Crippen molar-refractivity contribution < 1.29 is 4.79 Å². The summed E-state index contributed by atoms with van der Waals surface area (Å²) in [5.74, 6) is 0.298. The third-order valence-electron chi connectivity index (χ3n) is 8.63. The van der Waals surface area contributed by atoms with E-state index in [9.17, 15) is 4.79 Å². The number of ketones is 1. The van der Waals surface area contributed by atoms with Gasteiger partial charge in [0.2, 0.25) is 0 Å². The summed E-state index contributed by atoms with van der Waals surface area (Å²) in [7, 11) is -2.37. The Kier molecular flexibility index (Phi) is 7.09. The van der Waals surface area contributed by atoms with Crippen LogP contribution in [0.5, 0.6) is 0 Å². The fraction of sp³-hybridized carbons (Fsp3) is 0.324. The molecule has 0 amide bonds. The monoisotopic (exact) mass is 505 g/mol. The molecule has 1 heterocycles. The van der Waals surface area contributed by atoms with Crippen LogP contribution in [0.25, 0.3) is 0 Å². The van der Waals surface area contributed by atoms with Gasteiger partial charge in [0.25, 0.3) is 0 Å². The van der Waals surface area contributed by atoms with Crippen LogP contribution in [0.3, 0.4) is 0 Å². The predicted molar refractivity (Wildman–Crippen MR) is 158 cm³/mol. The molecular formula is C34H39NOSi. The molecule has 0 unspecified atom stereocenters. The number of carbonyl (C=O) groups excluding carboxylic acids is 1. The Hall–Kier alpha value is -3.17. The van der Waals surface area contributed by atoms with Gasteiger partial charge in [-0.1, -0.05) is 141 Å². The van der Waals surface area contributed by atoms with Crippen molar-refractivity contribution in [2.24, 2.45) is 0 Å². The first-order valence-electron chi connectivity index (χ1n) is 13.7. The molecule has 0 saturated carbocycles. The molecule has 0 spiro atoms. The number of carbonyl (C=O) groups is 1. The summed E-state index contributed by atoms with van der Waals surface area (Å²) in [5, 5.41) is 3.03. The summed E-state index contributed by atoms with van der Waals surface area (Å²) in [5.41, 5.74) is 3.84. The first kappa shape index (κ1) is 25.5. The maximum absolute atomic E-state index is 13.0. The topological polar surface area (TPSA) is 20.3 Å². The molecule has 37 heavy (non-hydrogen) atoms. The zero-order chi connectivity index (χ0) is 26.0. The maximum Gasteiger partial charge on any atom is 0.164 e. The predicted octanol–water partition coefficient (Wildman–Crippen LogP) is 6.89. The smallest absolute Gasteiger partial charge is 0.164 e. The second-order valence-corrected chi connectivity index (χ2v) is 16.9. The molecule has 190 valence electrons. The molecule has 0 bridgehead atoms. The Labute approximate surface area is 223 Å². The van der Waals surface area contributed by atoms with Gasteiger partial charge in [0, 0.05) is 30.3 Å². The Morgan fingerprint density at radius 2 is 1.38 bits per heavy atom. The second-order valence-electron chi connectivity index (χ2n) is 11.7. The number of rotatable bonds is 6. The van der Waals surface area contributed by atoms with Crippen LogP contribution in [0.4, 0.5) is 0 Å². The number of nitrogens with zero attached hydrogens (tertiary/aromatic N) is 1. The van der Waals surface area contributed by atoms with E-state index >= 15 is 0 Å². The van der Waals surface area contributed by atoms with Crippen LogP contribution in [0.2, 0.25) is 10.6 Å². The summed E-state index contributed by atoms with van der Waals surface area (Å²) < 4.78 is 0. The molecule has 3 aromatic rings. The molecular weight excluding hydrogens is 466 g/mol. The zero-order valence-corrected chi connectivity index (χ0v) is 23.7. The minimum Gasteiger partial charge on any atom is -0.363 e. The normalized spacial score (nSPS) is 19.1. The second kappa shape index (κ2) is 10.3. The lowest BCUT2D eigenvalue weighted by molar-refractivity contribution is -0.116. The van der Waals surface area contributed by atoms with E-state index < -0.39 is 8.07 Å². The third-order valence-corrected chi connectivity index (χ3v) is 15.2. The summed E-state index contributed by atoms with van der Waals surface area (Å²) >= 11 is 0. The van der Waals surface area contributed by atoms with Crippen molar-refractivity contribution >= 4 is 24.2 Å². The zero-order valence-electron chi connectivity index (χ0n) is 22.7. The Balaban J connectivity index is 1.70. The molecule has 0 radical (unpaired) electrons. The highest BCUT2D eigenvalue weighted by molar-refractivity contribution is 7.05. The molecule has 5 rings (SSSR count). The first-order valence-corrected chi connectivity index (χ1v) is 15.8. The van der Waals surface area contributed by atoms with E-state index in [-0.39, 0.29) is 11.1 Å². The minimum absolute atomic E-state index is 0.0679. The number of Topliss-reactive ketones (excluding diaryl/α,β-unsaturated/α-hetero) is 1. The van der Waals surface area contributed by atoms with Crippen LogP contribution in [0.15, 0.2) is 114 Å². The molecule has 3 heteroatoms. The summed E-state index contributed by atoms with van der Waals surface area (Å²) in [6.07, 6.45) is 7.10. The van der Waals surface area contributed by atoms with Crippen LogP contribution in [0, 0.1) is 0 Å². The van der Waals surface area contributed by atoms with Crippen LogP contribution >= 0.6 is 0 Å². The van der Waals surface area contributed by atoms with Crippen molar-refractivity contribution in [2.75, 3.05) is 0 Å². The first-order chi connectivity index (χ1) is 17.8. The van der Waals surface area contributed by atoms with Crippen molar-refractivity contribution in [2.45, 2.75) is 70.1 Å². The lowest BCUT2D eigenvalue weighted by atomic mass is 9.89. The van der Waals surface area contributed by atoms with Crippen LogP contribution in [-0.4, -0.2) is 24.8 Å². The maximum atomic E-state index is 13.0. The highest BCUT2D eigenvalue weighted by Gasteiger charge is 2.54. The Morgan fingerprint density at radius 1 is 0.838 bits per heavy atom. The minimum atomic E-state index is -2.37. The van der Waals surface area contributed by atoms with Crippen LogP contribution in [0.1, 0.15) is 52.5 Å². The van der Waals surface area contributed by atoms with Crippen LogP contribution < -0.4 is 10.4 Å². The van der Waals surface area contributed by atoms with E-state index in [1.165, 1.54) is 21.6 Å². The van der Waals surface area contributed by atoms with Crippen molar-refractivity contribution in [3.63, 3.8) is 0 Å². The van der Waals surface area contributed by atoms with Gasteiger partial charge in [-0.15, -0.1) is 0 Å². The van der Waals surface area contributed by atoms with Gasteiger partial charge in [0.05, 0.1) is 0 Å². The summed E-state index contributed by atoms with van der Waals surface area (Å²) in [6, 6.07) is 33.5. The van der Waals surface area contributed by atoms with Gasteiger partial charge < -0.3 is 4.90 Å². The lowest BCUT2D eigenvalue weighted by Gasteiger charge is -2.53. The van der Waals surface area contributed by atoms with Gasteiger partial charge in [-0.3, -0.25) is 4.79 Å². The van der Waals surface area contributed by atoms with E-state index in [0.29, 0.717) is 17.7 Å². The van der Waals surface area contributed by atoms with Crippen molar-refractivity contribution in [3.8, 4) is 0 Å². The van der Waals surface area contributed by atoms with Gasteiger partial charge in [-0.2, -0.15) is 0 Å². The van der Waals surface area contributed by atoms with E-state index in [1.54, 1.807) is 0 Å². The Bertz CT molecular complexity index is 1250. The SMILES string of the molecule is C[C@H]([C@@H]1C=CC2=C(CCCC2=O)N1Cc1ccccc1)[Si](c1ccccc1)(c1ccccc1)C(C)(C)C. The van der Waals surface area contributed by atoms with Gasteiger partial charge in [0.15, 0.2) is 5.78 Å². The quantitative estimate of drug-likeness (QED) is 0.340. The highest BCUT2D eigenvalue weighted by atomic mass is 28.3. The molecule has 3 aromatic carbocycles. The van der Waals surface area contributed by atoms with Crippen molar-refractivity contribution in [3.05, 3.63) is 120 Å². The molecule has 0 N–H and O–H groups in total. The van der Waals surface area contributed by atoms with E-state index in [0.717, 1.165) is 25.0 Å². The van der Waals surface area contributed by atoms with Gasteiger partial charge in [-0.05, 0) is 29.0 Å². The number of benzene rings is 3. The highest BCUT2D eigenvalue weighted by Crippen LogP contribution is 2.48. The van der Waals surface area contributed by atoms with E-state index in [4.69, 9.17) is 0 Å². The Morgan fingerprint density at radius 3 is 1.92 bits per heavy atom. The average Bonchev–Trinajstić information content (AvgIpc) is 2.90. The van der Waals surface area contributed by atoms with Gasteiger partial charge in [0.1, 0.15) is 8.07 Å². The molecule has 1 aliphatic carbocycles. The number of allylic oxidation sites excluding steroid dienone is 3. The molecule has 1 aliphatic heterocycles. The molecule has 2 atom stereocenters. The standard InChI is InChI=1S/C34H39NOSi/c1-26(37(34(2,3)4,28-17-10-6-11-18-28)29-19-12-7-13-20-29)31-24-23-30-32(21-14-22-33(30)36)35(31)25-27-15-8-5-9-16-27/h5-13,15-20,23-24,26,31H,14,21-22,25H2,1-4H3/t26-,31+/m1/s1. The fourth-order valence-electron chi connectivity index (χ4n) is 7.13. The molecule has 0 aromatic heterocycles. The fourth-order valence-corrected chi connectivity index (χ4v) is 13.9. The van der Waals surface area contributed by atoms with E-state index in [2.05, 4.69) is 136 Å². The third kappa shape index (κ3) is 4.55. The van der Waals surface area contributed by atoms with Gasteiger partial charge in [-0.25, -0.2) is 0 Å². The average molecular weight is 506 g/mol. The summed E-state index contributed by atoms with van der Waals surface area (Å²) in [4.78, 5) is 15.6. The van der Waals surface area contributed by atoms with E-state index in [1.807, 2.05) is 0 Å². The van der Waals surface area contributed by atoms with Gasteiger partial charge >= 0.3 is 0 Å². The molecule has 0 fully saturated rings. The largest absolute Gasteiger partial charge is 0.363 e. The molecule has 2 nitrogen and oxygen atoms in total. The summed E-state index contributed by atoms with van der Waals surface area (Å²) in [6.45, 7) is 10.6. The van der Waals surface area contributed by atoms with Crippen LogP contribution in [-0.2, 0) is 11.3 Å². The number of hydrogen-bond donors (Lipinski definition) is 0. The van der Waals surface area contributed by atoms with Crippen molar-refractivity contribution in [1.29, 1.82) is 0 Å². The molecule has 0 saturated heterocycles. The molecule has 2 aliphatic rings.